The highest BCUT2D eigenvalue weighted by atomic mass is 15.3. The van der Waals surface area contributed by atoms with Crippen LogP contribution in [0.2, 0.25) is 0 Å². The number of hydrogen-bond donors (Lipinski definition) is 3. The van der Waals surface area contributed by atoms with Gasteiger partial charge in [0.05, 0.1) is 11.9 Å². The second kappa shape index (κ2) is 10.2. The lowest BCUT2D eigenvalue weighted by Crippen LogP contribution is -2.31. The third-order valence-electron chi connectivity index (χ3n) is 6.54. The molecule has 1 aliphatic rings. The number of hydrogen-bond acceptors (Lipinski definition) is 6. The Morgan fingerprint density at radius 2 is 1.88 bits per heavy atom. The summed E-state index contributed by atoms with van der Waals surface area (Å²) in [7, 11) is 0. The van der Waals surface area contributed by atoms with E-state index in [2.05, 4.69) is 70.2 Å². The van der Waals surface area contributed by atoms with Crippen molar-refractivity contribution < 1.29 is 0 Å². The SMILES string of the molecule is CC(C)c1cnn2c(NCc3ccc(-c4ccccn4)cc3)cc(NCC3CCNCC3)nc12. The van der Waals surface area contributed by atoms with Crippen molar-refractivity contribution in [3.05, 3.63) is 72.1 Å². The Balaban J connectivity index is 1.34. The molecule has 7 heteroatoms. The van der Waals surface area contributed by atoms with Gasteiger partial charge >= 0.3 is 0 Å². The van der Waals surface area contributed by atoms with Crippen molar-refractivity contribution in [1.29, 1.82) is 0 Å². The van der Waals surface area contributed by atoms with E-state index in [1.807, 2.05) is 35.1 Å². The summed E-state index contributed by atoms with van der Waals surface area (Å²) in [6, 6.07) is 16.6. The first-order chi connectivity index (χ1) is 16.7. The fourth-order valence-corrected chi connectivity index (χ4v) is 4.46. The lowest BCUT2D eigenvalue weighted by molar-refractivity contribution is 0.389. The molecule has 0 radical (unpaired) electrons. The van der Waals surface area contributed by atoms with Crippen LogP contribution in [0.25, 0.3) is 16.9 Å². The van der Waals surface area contributed by atoms with Crippen molar-refractivity contribution in [1.82, 2.24) is 24.9 Å². The third kappa shape index (κ3) is 5.04. The number of piperidine rings is 1. The number of nitrogens with zero attached hydrogens (tertiary/aromatic N) is 4. The molecule has 7 nitrogen and oxygen atoms in total. The van der Waals surface area contributed by atoms with Gasteiger partial charge in [-0.1, -0.05) is 44.2 Å². The largest absolute Gasteiger partial charge is 0.370 e. The third-order valence-corrected chi connectivity index (χ3v) is 6.54. The van der Waals surface area contributed by atoms with E-state index in [9.17, 15) is 0 Å². The maximum Gasteiger partial charge on any atom is 0.163 e. The lowest BCUT2D eigenvalue weighted by Gasteiger charge is -2.23. The van der Waals surface area contributed by atoms with Gasteiger partial charge in [-0.15, -0.1) is 0 Å². The van der Waals surface area contributed by atoms with Gasteiger partial charge in [0, 0.05) is 36.5 Å². The predicted molar refractivity (Wildman–Crippen MR) is 138 cm³/mol. The average Bonchev–Trinajstić information content (AvgIpc) is 3.32. The summed E-state index contributed by atoms with van der Waals surface area (Å²) < 4.78 is 1.92. The van der Waals surface area contributed by atoms with Crippen LogP contribution >= 0.6 is 0 Å². The van der Waals surface area contributed by atoms with Crippen LogP contribution in [0, 0.1) is 5.92 Å². The first-order valence-corrected chi connectivity index (χ1v) is 12.2. The molecule has 176 valence electrons. The lowest BCUT2D eigenvalue weighted by atomic mass is 9.98. The Labute approximate surface area is 201 Å². The predicted octanol–water partition coefficient (Wildman–Crippen LogP) is 4.94. The van der Waals surface area contributed by atoms with E-state index in [-0.39, 0.29) is 0 Å². The highest BCUT2D eigenvalue weighted by Gasteiger charge is 2.16. The molecule has 3 N–H and O–H groups in total. The van der Waals surface area contributed by atoms with Crippen molar-refractivity contribution in [3.63, 3.8) is 0 Å². The number of aromatic nitrogens is 4. The zero-order valence-corrected chi connectivity index (χ0v) is 20.0. The molecule has 5 rings (SSSR count). The molecule has 0 amide bonds. The molecule has 1 fully saturated rings. The molecule has 1 aliphatic heterocycles. The smallest absolute Gasteiger partial charge is 0.163 e. The first-order valence-electron chi connectivity index (χ1n) is 12.2. The number of rotatable bonds is 8. The van der Waals surface area contributed by atoms with Gasteiger partial charge in [-0.05, 0) is 55.5 Å². The highest BCUT2D eigenvalue weighted by Crippen LogP contribution is 2.25. The van der Waals surface area contributed by atoms with Gasteiger partial charge in [0.15, 0.2) is 5.65 Å². The van der Waals surface area contributed by atoms with Gasteiger partial charge in [0.25, 0.3) is 0 Å². The minimum Gasteiger partial charge on any atom is -0.370 e. The van der Waals surface area contributed by atoms with E-state index in [4.69, 9.17) is 4.98 Å². The first kappa shape index (κ1) is 22.3. The zero-order chi connectivity index (χ0) is 23.3. The topological polar surface area (TPSA) is 79.2 Å². The van der Waals surface area contributed by atoms with Crippen molar-refractivity contribution >= 4 is 17.3 Å². The quantitative estimate of drug-likeness (QED) is 0.349. The number of fused-ring (bicyclic) bond motifs is 1. The van der Waals surface area contributed by atoms with Gasteiger partial charge in [-0.2, -0.15) is 9.61 Å². The molecule has 0 bridgehead atoms. The molecule has 4 aromatic rings. The summed E-state index contributed by atoms with van der Waals surface area (Å²) >= 11 is 0. The molecular weight excluding hydrogens is 422 g/mol. The van der Waals surface area contributed by atoms with Gasteiger partial charge in [0.2, 0.25) is 0 Å². The standard InChI is InChI=1S/C27H33N7/c1-19(2)23-18-32-34-26(15-25(33-27(23)34)30-16-21-10-13-28-14-11-21)31-17-20-6-8-22(9-7-20)24-5-3-4-12-29-24/h3-9,12,15,18-19,21,28,31H,10-11,13-14,16-17H2,1-2H3,(H,30,33). The van der Waals surface area contributed by atoms with E-state index >= 15 is 0 Å². The van der Waals surface area contributed by atoms with Crippen molar-refractivity contribution in [2.24, 2.45) is 5.92 Å². The summed E-state index contributed by atoms with van der Waals surface area (Å²) in [5.74, 6) is 2.89. The maximum absolute atomic E-state index is 4.93. The van der Waals surface area contributed by atoms with Crippen molar-refractivity contribution in [2.45, 2.75) is 39.2 Å². The average molecular weight is 456 g/mol. The van der Waals surface area contributed by atoms with Crippen LogP contribution in [-0.2, 0) is 6.54 Å². The molecular formula is C27H33N7. The fourth-order valence-electron chi connectivity index (χ4n) is 4.46. The number of nitrogens with one attached hydrogen (secondary N) is 3. The molecule has 4 heterocycles. The van der Waals surface area contributed by atoms with Crippen LogP contribution in [0.1, 0.15) is 43.7 Å². The Bertz CT molecular complexity index is 1210. The fraction of sp³-hybridized carbons (Fsp3) is 0.370. The van der Waals surface area contributed by atoms with Gasteiger partial charge in [0.1, 0.15) is 11.6 Å². The number of anilines is 2. The summed E-state index contributed by atoms with van der Waals surface area (Å²) in [5, 5.41) is 15.3. The molecule has 0 unspecified atom stereocenters. The molecule has 0 spiro atoms. The van der Waals surface area contributed by atoms with Crippen LogP contribution in [-0.4, -0.2) is 39.2 Å². The van der Waals surface area contributed by atoms with E-state index in [0.717, 1.165) is 53.7 Å². The van der Waals surface area contributed by atoms with E-state index in [1.165, 1.54) is 18.4 Å². The number of pyridine rings is 1. The van der Waals surface area contributed by atoms with Crippen LogP contribution in [0.15, 0.2) is 60.9 Å². The van der Waals surface area contributed by atoms with Crippen LogP contribution in [0.5, 0.6) is 0 Å². The number of benzene rings is 1. The normalized spacial score (nSPS) is 14.6. The second-order valence-electron chi connectivity index (χ2n) is 9.36. The maximum atomic E-state index is 4.93. The van der Waals surface area contributed by atoms with E-state index in [1.54, 1.807) is 0 Å². The van der Waals surface area contributed by atoms with Gasteiger partial charge < -0.3 is 16.0 Å². The summed E-state index contributed by atoms with van der Waals surface area (Å²) in [6.45, 7) is 8.22. The minimum absolute atomic E-state index is 0.358. The molecule has 0 aliphatic carbocycles. The zero-order valence-electron chi connectivity index (χ0n) is 20.0. The molecule has 3 aromatic heterocycles. The molecule has 0 atom stereocenters. The Morgan fingerprint density at radius 3 is 2.62 bits per heavy atom. The van der Waals surface area contributed by atoms with Gasteiger partial charge in [-0.25, -0.2) is 4.98 Å². The van der Waals surface area contributed by atoms with Crippen LogP contribution < -0.4 is 16.0 Å². The molecule has 1 aromatic carbocycles. The van der Waals surface area contributed by atoms with Crippen molar-refractivity contribution in [3.8, 4) is 11.3 Å². The Morgan fingerprint density at radius 1 is 1.06 bits per heavy atom. The molecule has 34 heavy (non-hydrogen) atoms. The summed E-state index contributed by atoms with van der Waals surface area (Å²) in [6.07, 6.45) is 6.18. The van der Waals surface area contributed by atoms with Crippen molar-refractivity contribution in [2.75, 3.05) is 30.3 Å². The molecule has 1 saturated heterocycles. The van der Waals surface area contributed by atoms with Gasteiger partial charge in [-0.3, -0.25) is 4.98 Å². The Kier molecular flexibility index (Phi) is 6.72. The van der Waals surface area contributed by atoms with Crippen LogP contribution in [0.4, 0.5) is 11.6 Å². The highest BCUT2D eigenvalue weighted by molar-refractivity contribution is 5.62. The van der Waals surface area contributed by atoms with E-state index < -0.39 is 0 Å². The van der Waals surface area contributed by atoms with E-state index in [0.29, 0.717) is 18.4 Å². The summed E-state index contributed by atoms with van der Waals surface area (Å²) in [5.41, 5.74) is 5.38. The Hall–Kier alpha value is -3.45. The molecule has 0 saturated carbocycles. The minimum atomic E-state index is 0.358. The monoisotopic (exact) mass is 455 g/mol. The second-order valence-corrected chi connectivity index (χ2v) is 9.36. The summed E-state index contributed by atoms with van der Waals surface area (Å²) in [4.78, 5) is 9.37. The van der Waals surface area contributed by atoms with Crippen LogP contribution in [0.3, 0.4) is 0 Å².